The van der Waals surface area contributed by atoms with Crippen molar-refractivity contribution >= 4 is 5.69 Å². The van der Waals surface area contributed by atoms with Gasteiger partial charge in [-0.3, -0.25) is 0 Å². The molecular weight excluding hydrogens is 212 g/mol. The van der Waals surface area contributed by atoms with Gasteiger partial charge in [-0.05, 0) is 48.9 Å². The Bertz CT molecular complexity index is 399. The molecule has 1 saturated heterocycles. The highest BCUT2D eigenvalue weighted by atomic mass is 16.5. The van der Waals surface area contributed by atoms with Gasteiger partial charge >= 0.3 is 0 Å². The molecule has 3 nitrogen and oxygen atoms in total. The molecule has 1 aromatic rings. The van der Waals surface area contributed by atoms with Gasteiger partial charge in [0.1, 0.15) is 0 Å². The first kappa shape index (κ1) is 11.1. The average molecular weight is 232 g/mol. The van der Waals surface area contributed by atoms with Crippen molar-refractivity contribution in [1.29, 1.82) is 0 Å². The normalized spacial score (nSPS) is 28.0. The quantitative estimate of drug-likeness (QED) is 0.767. The molecule has 0 bridgehead atoms. The molecule has 0 spiro atoms. The summed E-state index contributed by atoms with van der Waals surface area (Å²) in [5, 5.41) is 3.73. The second kappa shape index (κ2) is 4.67. The fourth-order valence-corrected chi connectivity index (χ4v) is 2.97. The average Bonchev–Trinajstić information content (AvgIpc) is 2.73. The van der Waals surface area contributed by atoms with E-state index in [1.165, 1.54) is 30.4 Å². The third-order valence-electron chi connectivity index (χ3n) is 3.84. The Kier molecular flexibility index (Phi) is 3.04. The van der Waals surface area contributed by atoms with E-state index >= 15 is 0 Å². The lowest BCUT2D eigenvalue weighted by Crippen LogP contribution is -2.38. The minimum absolute atomic E-state index is 0.497. The van der Waals surface area contributed by atoms with Crippen LogP contribution >= 0.6 is 0 Å². The van der Waals surface area contributed by atoms with Gasteiger partial charge in [-0.15, -0.1) is 0 Å². The van der Waals surface area contributed by atoms with Crippen LogP contribution in [-0.2, 0) is 11.2 Å². The zero-order valence-corrected chi connectivity index (χ0v) is 10.1. The molecule has 3 rings (SSSR count). The van der Waals surface area contributed by atoms with Crippen LogP contribution in [0.15, 0.2) is 18.2 Å². The third-order valence-corrected chi connectivity index (χ3v) is 3.84. The molecule has 1 fully saturated rings. The van der Waals surface area contributed by atoms with E-state index in [9.17, 15) is 0 Å². The fraction of sp³-hybridized carbons (Fsp3) is 0.571. The molecule has 17 heavy (non-hydrogen) atoms. The molecule has 3 N–H and O–H groups in total. The minimum Gasteiger partial charge on any atom is -0.399 e. The Labute approximate surface area is 102 Å². The number of nitrogens with two attached hydrogens (primary N) is 1. The van der Waals surface area contributed by atoms with Crippen molar-refractivity contribution in [2.45, 2.75) is 37.8 Å². The third kappa shape index (κ3) is 2.31. The molecule has 0 aromatic heterocycles. The molecule has 2 atom stereocenters. The number of nitrogen functional groups attached to an aromatic ring is 1. The van der Waals surface area contributed by atoms with E-state index in [0.29, 0.717) is 12.1 Å². The number of hydrogen-bond acceptors (Lipinski definition) is 3. The van der Waals surface area contributed by atoms with Gasteiger partial charge in [0.25, 0.3) is 0 Å². The number of benzene rings is 1. The summed E-state index contributed by atoms with van der Waals surface area (Å²) in [7, 11) is 0. The Balaban J connectivity index is 1.70. The van der Waals surface area contributed by atoms with Gasteiger partial charge in [0.2, 0.25) is 0 Å². The molecule has 0 radical (unpaired) electrons. The van der Waals surface area contributed by atoms with Gasteiger partial charge in [0, 0.05) is 24.4 Å². The van der Waals surface area contributed by atoms with E-state index in [0.717, 1.165) is 25.3 Å². The molecule has 2 aliphatic rings. The summed E-state index contributed by atoms with van der Waals surface area (Å²) in [5.74, 6) is 0. The number of rotatable bonds is 2. The Hall–Kier alpha value is -1.06. The van der Waals surface area contributed by atoms with Gasteiger partial charge in [-0.1, -0.05) is 6.07 Å². The van der Waals surface area contributed by atoms with Crippen molar-refractivity contribution < 1.29 is 4.74 Å². The predicted octanol–water partition coefficient (Wildman–Crippen LogP) is 2.02. The van der Waals surface area contributed by atoms with E-state index in [-0.39, 0.29) is 0 Å². The highest BCUT2D eigenvalue weighted by Gasteiger charge is 2.25. The largest absolute Gasteiger partial charge is 0.399 e. The summed E-state index contributed by atoms with van der Waals surface area (Å²) in [6.07, 6.45) is 4.75. The van der Waals surface area contributed by atoms with E-state index < -0.39 is 0 Å². The number of anilines is 1. The van der Waals surface area contributed by atoms with E-state index in [1.54, 1.807) is 0 Å². The van der Waals surface area contributed by atoms with Gasteiger partial charge in [0.15, 0.2) is 0 Å². The smallest absolute Gasteiger partial charge is 0.0619 e. The minimum atomic E-state index is 0.497. The fourth-order valence-electron chi connectivity index (χ4n) is 2.97. The summed E-state index contributed by atoms with van der Waals surface area (Å²) in [6, 6.07) is 7.33. The summed E-state index contributed by atoms with van der Waals surface area (Å²) in [4.78, 5) is 0. The van der Waals surface area contributed by atoms with Gasteiger partial charge in [-0.25, -0.2) is 0 Å². The SMILES string of the molecule is Nc1ccc2c(c1)CCC2NC1CCCOC1. The van der Waals surface area contributed by atoms with Crippen molar-refractivity contribution in [1.82, 2.24) is 5.32 Å². The number of fused-ring (bicyclic) bond motifs is 1. The van der Waals surface area contributed by atoms with E-state index in [1.807, 2.05) is 6.07 Å². The lowest BCUT2D eigenvalue weighted by atomic mass is 10.0. The first-order valence-electron chi connectivity index (χ1n) is 6.55. The zero-order chi connectivity index (χ0) is 11.7. The molecule has 1 heterocycles. The van der Waals surface area contributed by atoms with Crippen LogP contribution in [0.4, 0.5) is 5.69 Å². The summed E-state index contributed by atoms with van der Waals surface area (Å²) in [6.45, 7) is 1.79. The topological polar surface area (TPSA) is 47.3 Å². The van der Waals surface area contributed by atoms with E-state index in [4.69, 9.17) is 10.5 Å². The lowest BCUT2D eigenvalue weighted by molar-refractivity contribution is 0.0663. The summed E-state index contributed by atoms with van der Waals surface area (Å²) in [5.41, 5.74) is 9.55. The van der Waals surface area contributed by atoms with Crippen molar-refractivity contribution in [2.24, 2.45) is 0 Å². The molecule has 0 amide bonds. The number of hydrogen-bond donors (Lipinski definition) is 2. The zero-order valence-electron chi connectivity index (χ0n) is 10.1. The summed E-state index contributed by atoms with van der Waals surface area (Å²) >= 11 is 0. The Morgan fingerprint density at radius 3 is 3.06 bits per heavy atom. The van der Waals surface area contributed by atoms with Crippen LogP contribution in [0.1, 0.15) is 36.4 Å². The van der Waals surface area contributed by atoms with Crippen molar-refractivity contribution in [2.75, 3.05) is 18.9 Å². The van der Waals surface area contributed by atoms with Crippen LogP contribution in [0.25, 0.3) is 0 Å². The van der Waals surface area contributed by atoms with Crippen LogP contribution in [-0.4, -0.2) is 19.3 Å². The maximum Gasteiger partial charge on any atom is 0.0619 e. The maximum absolute atomic E-state index is 5.82. The van der Waals surface area contributed by atoms with Gasteiger partial charge in [-0.2, -0.15) is 0 Å². The van der Waals surface area contributed by atoms with Crippen LogP contribution < -0.4 is 11.1 Å². The molecule has 2 unspecified atom stereocenters. The molecule has 3 heteroatoms. The second-order valence-corrected chi connectivity index (χ2v) is 5.13. The number of nitrogens with one attached hydrogen (secondary N) is 1. The van der Waals surface area contributed by atoms with E-state index in [2.05, 4.69) is 17.4 Å². The molecule has 0 saturated carbocycles. The number of ether oxygens (including phenoxy) is 1. The van der Waals surface area contributed by atoms with Crippen LogP contribution in [0.5, 0.6) is 0 Å². The summed E-state index contributed by atoms with van der Waals surface area (Å²) < 4.78 is 5.52. The van der Waals surface area contributed by atoms with Crippen molar-refractivity contribution in [3.63, 3.8) is 0 Å². The predicted molar refractivity (Wildman–Crippen MR) is 68.9 cm³/mol. The lowest BCUT2D eigenvalue weighted by Gasteiger charge is -2.27. The molecule has 1 aromatic carbocycles. The molecule has 92 valence electrons. The van der Waals surface area contributed by atoms with Crippen LogP contribution in [0.3, 0.4) is 0 Å². The second-order valence-electron chi connectivity index (χ2n) is 5.13. The van der Waals surface area contributed by atoms with Gasteiger partial charge < -0.3 is 15.8 Å². The van der Waals surface area contributed by atoms with Gasteiger partial charge in [0.05, 0.1) is 6.61 Å². The Morgan fingerprint density at radius 1 is 1.29 bits per heavy atom. The maximum atomic E-state index is 5.82. The van der Waals surface area contributed by atoms with Crippen molar-refractivity contribution in [3.8, 4) is 0 Å². The Morgan fingerprint density at radius 2 is 2.24 bits per heavy atom. The van der Waals surface area contributed by atoms with Crippen LogP contribution in [0, 0.1) is 0 Å². The molecular formula is C14H20N2O. The highest BCUT2D eigenvalue weighted by molar-refractivity contribution is 5.47. The monoisotopic (exact) mass is 232 g/mol. The standard InChI is InChI=1S/C14H20N2O/c15-11-4-5-13-10(8-11)3-6-14(13)16-12-2-1-7-17-9-12/h4-5,8,12,14,16H,1-3,6-7,9,15H2. The number of aryl methyl sites for hydroxylation is 1. The first-order valence-corrected chi connectivity index (χ1v) is 6.55. The highest BCUT2D eigenvalue weighted by Crippen LogP contribution is 2.33. The van der Waals surface area contributed by atoms with Crippen molar-refractivity contribution in [3.05, 3.63) is 29.3 Å². The molecule has 1 aliphatic heterocycles. The first-order chi connectivity index (χ1) is 8.33. The molecule has 1 aliphatic carbocycles. The van der Waals surface area contributed by atoms with Crippen LogP contribution in [0.2, 0.25) is 0 Å².